The third kappa shape index (κ3) is 8.07. The van der Waals surface area contributed by atoms with Gasteiger partial charge < -0.3 is 5.11 Å². The van der Waals surface area contributed by atoms with Crippen LogP contribution in [0.1, 0.15) is 53.4 Å². The smallest absolute Gasteiger partial charge is 0.162 e. The molecule has 0 atom stereocenters. The molecule has 0 aliphatic heterocycles. The van der Waals surface area contributed by atoms with Crippen molar-refractivity contribution in [2.75, 3.05) is 0 Å². The van der Waals surface area contributed by atoms with Crippen LogP contribution in [-0.2, 0) is 24.9 Å². The second kappa shape index (κ2) is 15.3. The molecule has 2 heterocycles. The summed E-state index contributed by atoms with van der Waals surface area (Å²) in [6, 6.07) is 23.0. The van der Waals surface area contributed by atoms with Gasteiger partial charge in [-0.3, -0.25) is 9.78 Å². The van der Waals surface area contributed by atoms with Crippen LogP contribution in [0.4, 0.5) is 0 Å². The molecule has 43 heavy (non-hydrogen) atoms. The van der Waals surface area contributed by atoms with Gasteiger partial charge in [0.25, 0.3) is 0 Å². The number of benzene rings is 3. The van der Waals surface area contributed by atoms with Crippen LogP contribution in [0.2, 0.25) is 19.6 Å². The van der Waals surface area contributed by atoms with Gasteiger partial charge in [-0.05, 0) is 31.7 Å². The minimum atomic E-state index is -1.34. The molecule has 1 N–H and O–H groups in total. The first-order valence-electron chi connectivity index (χ1n) is 15.1. The number of carbonyl (C=O) groups excluding carboxylic acids is 1. The number of hydrogen-bond acceptors (Lipinski definition) is 5. The molecule has 2 aromatic heterocycles. The molecular formula is C36H43IrN2O2SSi-. The van der Waals surface area contributed by atoms with Crippen molar-refractivity contribution in [3.63, 3.8) is 0 Å². The normalized spacial score (nSPS) is 12.1. The SMILES string of the molecule is CCC(CC)C(=O)/C=C(\O)C(CC)CC.C[Si](C)(C)c1ccc2c(c1)sc1c(-c3[c-]c4ccccc4cc3)ncnc12.[Ir]. The first-order chi connectivity index (χ1) is 20.1. The van der Waals surface area contributed by atoms with Crippen LogP contribution < -0.4 is 5.19 Å². The summed E-state index contributed by atoms with van der Waals surface area (Å²) < 4.78 is 2.44. The van der Waals surface area contributed by atoms with E-state index >= 15 is 0 Å². The van der Waals surface area contributed by atoms with Gasteiger partial charge in [-0.15, -0.1) is 41.0 Å². The van der Waals surface area contributed by atoms with Crippen LogP contribution in [0, 0.1) is 17.9 Å². The van der Waals surface area contributed by atoms with Gasteiger partial charge in [-0.1, -0.05) is 93.8 Å². The van der Waals surface area contributed by atoms with Crippen LogP contribution in [0.3, 0.4) is 0 Å². The summed E-state index contributed by atoms with van der Waals surface area (Å²) >= 11 is 1.80. The quantitative estimate of drug-likeness (QED) is 0.0700. The molecule has 5 rings (SSSR count). The summed E-state index contributed by atoms with van der Waals surface area (Å²) in [4.78, 5) is 20.9. The standard InChI is InChI=1S/C23H19N2SSi.C13H24O2.Ir/c1-27(2,3)18-10-11-19-20(13-18)26-23-21(24-14-25-22(19)23)17-9-8-15-6-4-5-7-16(15)12-17;1-5-10(6-2)12(14)9-13(15)11(7-3)8-4;/h4-11,13-14H,1-3H3;9-11,14H,5-8H2,1-4H3;/q-1;;/b;12-9-;. The zero-order chi connectivity index (χ0) is 30.4. The fraction of sp³-hybridized carbons (Fsp3) is 0.361. The summed E-state index contributed by atoms with van der Waals surface area (Å²) in [7, 11) is -1.34. The molecule has 3 aromatic carbocycles. The average molecular weight is 788 g/mol. The van der Waals surface area contributed by atoms with Crippen molar-refractivity contribution < 1.29 is 30.0 Å². The number of aliphatic hydroxyl groups excluding tert-OH is 1. The van der Waals surface area contributed by atoms with Crippen LogP contribution >= 0.6 is 11.3 Å². The number of thiophene rings is 1. The third-order valence-corrected chi connectivity index (χ3v) is 11.3. The second-order valence-corrected chi connectivity index (χ2v) is 18.1. The molecule has 7 heteroatoms. The van der Waals surface area contributed by atoms with Gasteiger partial charge >= 0.3 is 0 Å². The molecule has 0 spiro atoms. The number of carbonyl (C=O) groups is 1. The maximum Gasteiger partial charge on any atom is 0.162 e. The Balaban J connectivity index is 0.000000274. The number of aromatic nitrogens is 2. The van der Waals surface area contributed by atoms with Gasteiger partial charge in [0.1, 0.15) is 6.33 Å². The number of rotatable bonds is 9. The minimum absolute atomic E-state index is 0. The number of fused-ring (bicyclic) bond motifs is 4. The molecule has 5 aromatic rings. The summed E-state index contributed by atoms with van der Waals surface area (Å²) in [6.45, 7) is 15.2. The van der Waals surface area contributed by atoms with E-state index in [0.29, 0.717) is 0 Å². The van der Waals surface area contributed by atoms with Crippen molar-refractivity contribution in [3.05, 3.63) is 78.8 Å². The fourth-order valence-electron chi connectivity index (χ4n) is 5.27. The van der Waals surface area contributed by atoms with Crippen LogP contribution in [-0.4, -0.2) is 28.9 Å². The summed E-state index contributed by atoms with van der Waals surface area (Å²) in [5.74, 6) is 0.547. The number of hydrogen-bond donors (Lipinski definition) is 1. The number of aliphatic hydroxyl groups is 1. The van der Waals surface area contributed by atoms with E-state index in [0.717, 1.165) is 52.5 Å². The van der Waals surface area contributed by atoms with Crippen molar-refractivity contribution >= 4 is 61.5 Å². The molecule has 0 amide bonds. The van der Waals surface area contributed by atoms with Crippen molar-refractivity contribution in [2.24, 2.45) is 11.8 Å². The molecule has 0 fully saturated rings. The maximum absolute atomic E-state index is 11.7. The van der Waals surface area contributed by atoms with Crippen LogP contribution in [0.25, 0.3) is 42.3 Å². The third-order valence-electron chi connectivity index (χ3n) is 8.12. The molecule has 229 valence electrons. The molecule has 0 saturated carbocycles. The fourth-order valence-corrected chi connectivity index (χ4v) is 7.73. The molecule has 0 aliphatic rings. The van der Waals surface area contributed by atoms with Crippen LogP contribution in [0.15, 0.2) is 72.8 Å². The van der Waals surface area contributed by atoms with Crippen molar-refractivity contribution in [1.82, 2.24) is 9.97 Å². The largest absolute Gasteiger partial charge is 0.512 e. The Morgan fingerprint density at radius 3 is 2.26 bits per heavy atom. The summed E-state index contributed by atoms with van der Waals surface area (Å²) in [5.41, 5.74) is 3.04. The average Bonchev–Trinajstić information content (AvgIpc) is 3.36. The first kappa shape index (κ1) is 34.8. The Hall–Kier alpha value is -2.70. The van der Waals surface area contributed by atoms with E-state index in [2.05, 4.69) is 90.3 Å². The second-order valence-electron chi connectivity index (χ2n) is 11.9. The van der Waals surface area contributed by atoms with Crippen molar-refractivity contribution in [3.8, 4) is 11.3 Å². The molecule has 0 bridgehead atoms. The van der Waals surface area contributed by atoms with Gasteiger partial charge in [0, 0.05) is 58.5 Å². The van der Waals surface area contributed by atoms with E-state index in [-0.39, 0.29) is 43.5 Å². The van der Waals surface area contributed by atoms with Gasteiger partial charge in [-0.25, -0.2) is 4.98 Å². The molecule has 0 saturated heterocycles. The zero-order valence-electron chi connectivity index (χ0n) is 26.3. The summed E-state index contributed by atoms with van der Waals surface area (Å²) in [6.07, 6.45) is 6.59. The maximum atomic E-state index is 11.7. The zero-order valence-corrected chi connectivity index (χ0v) is 30.5. The van der Waals surface area contributed by atoms with E-state index in [1.807, 2.05) is 27.7 Å². The Kier molecular flexibility index (Phi) is 12.4. The van der Waals surface area contributed by atoms with E-state index in [1.54, 1.807) is 17.7 Å². The van der Waals surface area contributed by atoms with E-state index in [4.69, 9.17) is 0 Å². The number of ketones is 1. The predicted octanol–water partition coefficient (Wildman–Crippen LogP) is 9.88. The van der Waals surface area contributed by atoms with Gasteiger partial charge in [-0.2, -0.15) is 0 Å². The van der Waals surface area contributed by atoms with Gasteiger partial charge in [0.2, 0.25) is 0 Å². The number of nitrogens with zero attached hydrogens (tertiary/aromatic N) is 2. The molecule has 1 radical (unpaired) electrons. The molecule has 0 unspecified atom stereocenters. The van der Waals surface area contributed by atoms with E-state index in [9.17, 15) is 9.90 Å². The predicted molar refractivity (Wildman–Crippen MR) is 184 cm³/mol. The monoisotopic (exact) mass is 788 g/mol. The van der Waals surface area contributed by atoms with Gasteiger partial charge in [0.15, 0.2) is 5.78 Å². The Morgan fingerprint density at radius 1 is 0.930 bits per heavy atom. The molecule has 0 aliphatic carbocycles. The number of allylic oxidation sites excluding steroid dienone is 2. The van der Waals surface area contributed by atoms with E-state index in [1.165, 1.54) is 26.7 Å². The minimum Gasteiger partial charge on any atom is -0.512 e. The van der Waals surface area contributed by atoms with E-state index < -0.39 is 8.07 Å². The van der Waals surface area contributed by atoms with Gasteiger partial charge in [0.05, 0.1) is 19.3 Å². The Bertz CT molecular complexity index is 1720. The first-order valence-corrected chi connectivity index (χ1v) is 19.5. The van der Waals surface area contributed by atoms with Crippen molar-refractivity contribution in [1.29, 1.82) is 0 Å². The Morgan fingerprint density at radius 2 is 1.60 bits per heavy atom. The topological polar surface area (TPSA) is 63.1 Å². The summed E-state index contributed by atoms with van der Waals surface area (Å²) in [5, 5.41) is 14.8. The van der Waals surface area contributed by atoms with Crippen molar-refractivity contribution in [2.45, 2.75) is 73.0 Å². The Labute approximate surface area is 275 Å². The van der Waals surface area contributed by atoms with Crippen LogP contribution in [0.5, 0.6) is 0 Å². The molecule has 4 nitrogen and oxygen atoms in total. The molecular weight excluding hydrogens is 745 g/mol.